The fourth-order valence-corrected chi connectivity index (χ4v) is 7.84. The van der Waals surface area contributed by atoms with Crippen molar-refractivity contribution in [3.05, 3.63) is 54.7 Å². The monoisotopic (exact) mass is 505 g/mol. The summed E-state index contributed by atoms with van der Waals surface area (Å²) in [5.74, 6) is 1.34. The van der Waals surface area contributed by atoms with E-state index in [0.717, 1.165) is 54.1 Å². The molecule has 2 N–H and O–H groups in total. The van der Waals surface area contributed by atoms with Gasteiger partial charge in [-0.2, -0.15) is 0 Å². The van der Waals surface area contributed by atoms with E-state index in [4.69, 9.17) is 4.74 Å². The van der Waals surface area contributed by atoms with Gasteiger partial charge in [-0.1, -0.05) is 24.3 Å². The highest BCUT2D eigenvalue weighted by Crippen LogP contribution is 2.46. The van der Waals surface area contributed by atoms with E-state index in [1.807, 2.05) is 36.4 Å². The zero-order valence-electron chi connectivity index (χ0n) is 20.4. The van der Waals surface area contributed by atoms with Gasteiger partial charge in [-0.05, 0) is 80.7 Å². The smallest absolute Gasteiger partial charge is 0.237 e. The molecular formula is C28H31N3O4S. The predicted molar refractivity (Wildman–Crippen MR) is 138 cm³/mol. The number of rotatable bonds is 5. The van der Waals surface area contributed by atoms with Crippen molar-refractivity contribution in [1.82, 2.24) is 15.8 Å². The molecular weight excluding hydrogens is 474 g/mol. The number of nitrogens with one attached hydrogen (secondary N) is 2. The molecule has 0 radical (unpaired) electrons. The van der Waals surface area contributed by atoms with Crippen LogP contribution in [0.5, 0.6) is 5.75 Å². The number of hydrazine groups is 1. The number of amides is 1. The van der Waals surface area contributed by atoms with Gasteiger partial charge in [0.15, 0.2) is 15.6 Å². The number of pyridine rings is 1. The Labute approximate surface area is 211 Å². The van der Waals surface area contributed by atoms with Gasteiger partial charge in [0, 0.05) is 28.6 Å². The topological polar surface area (TPSA) is 97.4 Å². The number of sulfone groups is 1. The highest BCUT2D eigenvalue weighted by Gasteiger charge is 2.48. The third-order valence-corrected chi connectivity index (χ3v) is 10.6. The van der Waals surface area contributed by atoms with Gasteiger partial charge in [-0.25, -0.2) is 13.8 Å². The first-order chi connectivity index (χ1) is 17.4. The summed E-state index contributed by atoms with van der Waals surface area (Å²) in [4.78, 5) is 17.1. The number of benzene rings is 2. The van der Waals surface area contributed by atoms with Crippen LogP contribution in [-0.2, 0) is 14.6 Å². The van der Waals surface area contributed by atoms with Crippen molar-refractivity contribution in [3.63, 3.8) is 0 Å². The van der Waals surface area contributed by atoms with Gasteiger partial charge in [0.05, 0.1) is 17.3 Å². The van der Waals surface area contributed by atoms with E-state index in [9.17, 15) is 13.2 Å². The van der Waals surface area contributed by atoms with Crippen molar-refractivity contribution in [2.45, 2.75) is 60.6 Å². The molecule has 7 nitrogen and oxygen atoms in total. The van der Waals surface area contributed by atoms with Crippen molar-refractivity contribution in [3.8, 4) is 16.9 Å². The van der Waals surface area contributed by atoms with E-state index in [2.05, 4.69) is 15.8 Å². The molecule has 0 bridgehead atoms. The molecule has 2 aliphatic carbocycles. The number of hydrogen-bond donors (Lipinski definition) is 2. The number of nitrogens with zero attached hydrogens (tertiary/aromatic N) is 1. The molecule has 1 atom stereocenters. The molecule has 1 amide bonds. The minimum Gasteiger partial charge on any atom is -0.494 e. The number of ether oxygens (including phenoxy) is 1. The third kappa shape index (κ3) is 4.06. The highest BCUT2D eigenvalue weighted by molar-refractivity contribution is 7.92. The van der Waals surface area contributed by atoms with Crippen LogP contribution in [0.2, 0.25) is 0 Å². The van der Waals surface area contributed by atoms with Crippen molar-refractivity contribution < 1.29 is 17.9 Å². The molecule has 1 aromatic heterocycles. The number of carbonyl (C=O) groups is 1. The van der Waals surface area contributed by atoms with E-state index < -0.39 is 15.1 Å². The Bertz CT molecular complexity index is 1410. The number of methoxy groups -OCH3 is 1. The minimum atomic E-state index is -3.45. The van der Waals surface area contributed by atoms with Gasteiger partial charge in [0.25, 0.3) is 0 Å². The zero-order valence-corrected chi connectivity index (χ0v) is 21.2. The summed E-state index contributed by atoms with van der Waals surface area (Å²) in [6, 6.07) is 15.0. The molecule has 6 rings (SSSR count). The lowest BCUT2D eigenvalue weighted by atomic mass is 9.73. The average molecular weight is 506 g/mol. The van der Waals surface area contributed by atoms with Crippen LogP contribution in [0, 0.1) is 11.8 Å². The Morgan fingerprint density at radius 1 is 1.00 bits per heavy atom. The second-order valence-electron chi connectivity index (χ2n) is 10.5. The van der Waals surface area contributed by atoms with Crippen LogP contribution < -0.4 is 15.6 Å². The predicted octanol–water partition coefficient (Wildman–Crippen LogP) is 4.42. The first-order valence-corrected chi connectivity index (χ1v) is 14.3. The molecule has 3 aromatic rings. The highest BCUT2D eigenvalue weighted by atomic mass is 32.2. The maximum Gasteiger partial charge on any atom is 0.237 e. The second kappa shape index (κ2) is 8.85. The molecule has 1 saturated heterocycles. The average Bonchev–Trinajstić information content (AvgIpc) is 3.75. The summed E-state index contributed by atoms with van der Waals surface area (Å²) in [6.45, 7) is 0. The quantitative estimate of drug-likeness (QED) is 0.533. The Kier molecular flexibility index (Phi) is 5.76. The summed E-state index contributed by atoms with van der Waals surface area (Å²) in [5.41, 5.74) is 8.49. The lowest BCUT2D eigenvalue weighted by Crippen LogP contribution is -2.63. The summed E-state index contributed by atoms with van der Waals surface area (Å²) >= 11 is 0. The van der Waals surface area contributed by atoms with Crippen molar-refractivity contribution in [1.29, 1.82) is 0 Å². The van der Waals surface area contributed by atoms with Crippen LogP contribution in [0.25, 0.3) is 22.0 Å². The van der Waals surface area contributed by atoms with Gasteiger partial charge in [-0.3, -0.25) is 15.2 Å². The van der Waals surface area contributed by atoms with Crippen LogP contribution in [0.1, 0.15) is 44.9 Å². The number of carbonyl (C=O) groups excluding carboxylic acids is 1. The summed E-state index contributed by atoms with van der Waals surface area (Å²) in [5, 5.41) is 0.579. The molecule has 2 saturated carbocycles. The molecule has 1 spiro atoms. The van der Waals surface area contributed by atoms with Gasteiger partial charge in [0.1, 0.15) is 5.52 Å². The van der Waals surface area contributed by atoms with Gasteiger partial charge >= 0.3 is 0 Å². The van der Waals surface area contributed by atoms with Crippen LogP contribution in [0.3, 0.4) is 0 Å². The maximum absolute atomic E-state index is 13.5. The van der Waals surface area contributed by atoms with Gasteiger partial charge in [-0.15, -0.1) is 0 Å². The molecule has 36 heavy (non-hydrogen) atoms. The standard InChI is InChI=1S/C28H31N3O4S/c1-35-26-23(11-8-20-3-2-16-29-25(20)26)18-6-9-21(10-7-18)36(33,34)22-12-14-28(15-13-22)17-24(19-4-5-19)27(32)30-31-28/h2-3,6-11,16,19,22,24,31H,4-5,12-15,17H2,1H3,(H,30,32). The molecule has 3 fully saturated rings. The maximum atomic E-state index is 13.5. The van der Waals surface area contributed by atoms with Crippen molar-refractivity contribution >= 4 is 26.6 Å². The largest absolute Gasteiger partial charge is 0.494 e. The van der Waals surface area contributed by atoms with E-state index in [1.54, 1.807) is 25.4 Å². The van der Waals surface area contributed by atoms with E-state index in [0.29, 0.717) is 29.4 Å². The summed E-state index contributed by atoms with van der Waals surface area (Å²) in [6.07, 6.45) is 7.49. The van der Waals surface area contributed by atoms with E-state index in [-0.39, 0.29) is 17.4 Å². The van der Waals surface area contributed by atoms with Crippen LogP contribution >= 0.6 is 0 Å². The summed E-state index contributed by atoms with van der Waals surface area (Å²) in [7, 11) is -1.83. The lowest BCUT2D eigenvalue weighted by molar-refractivity contribution is -0.132. The fourth-order valence-electron chi connectivity index (χ4n) is 6.08. The second-order valence-corrected chi connectivity index (χ2v) is 12.8. The molecule has 1 aliphatic heterocycles. The fraction of sp³-hybridized carbons (Fsp3) is 0.429. The zero-order chi connectivity index (χ0) is 24.9. The SMILES string of the molecule is COc1c(-c2ccc(S(=O)(=O)C3CCC4(CC3)CC(C3CC3)C(=O)NN4)cc2)ccc2cccnc12. The van der Waals surface area contributed by atoms with Gasteiger partial charge < -0.3 is 4.74 Å². The minimum absolute atomic E-state index is 0.0641. The third-order valence-electron chi connectivity index (χ3n) is 8.34. The van der Waals surface area contributed by atoms with Crippen LogP contribution in [0.15, 0.2) is 59.6 Å². The van der Waals surface area contributed by atoms with E-state index >= 15 is 0 Å². The Hall–Kier alpha value is -2.97. The Morgan fingerprint density at radius 3 is 2.44 bits per heavy atom. The molecule has 2 heterocycles. The molecule has 8 heteroatoms. The first-order valence-electron chi connectivity index (χ1n) is 12.7. The normalized spacial score (nSPS) is 26.6. The molecule has 2 aromatic carbocycles. The Balaban J connectivity index is 1.19. The van der Waals surface area contributed by atoms with Crippen molar-refractivity contribution in [2.75, 3.05) is 7.11 Å². The Morgan fingerprint density at radius 2 is 1.75 bits per heavy atom. The number of fused-ring (bicyclic) bond motifs is 1. The first kappa shape index (κ1) is 23.4. The molecule has 3 aliphatic rings. The van der Waals surface area contributed by atoms with E-state index in [1.165, 1.54) is 0 Å². The van der Waals surface area contributed by atoms with Gasteiger partial charge in [0.2, 0.25) is 5.91 Å². The number of hydrogen-bond acceptors (Lipinski definition) is 6. The van der Waals surface area contributed by atoms with Crippen molar-refractivity contribution in [2.24, 2.45) is 11.8 Å². The van der Waals surface area contributed by atoms with Crippen LogP contribution in [0.4, 0.5) is 0 Å². The lowest BCUT2D eigenvalue weighted by Gasteiger charge is -2.45. The van der Waals surface area contributed by atoms with Crippen LogP contribution in [-0.4, -0.2) is 37.2 Å². The number of aromatic nitrogens is 1. The molecule has 188 valence electrons. The summed E-state index contributed by atoms with van der Waals surface area (Å²) < 4.78 is 32.7. The molecule has 1 unspecified atom stereocenters.